The first-order chi connectivity index (χ1) is 5.50. The Balaban J connectivity index is 2.46. The van der Waals surface area contributed by atoms with Crippen LogP contribution in [-0.2, 0) is 14.9 Å². The van der Waals surface area contributed by atoms with Crippen LogP contribution in [0.1, 0.15) is 6.42 Å². The minimum Gasteiger partial charge on any atom is -0.379 e. The molecule has 0 spiro atoms. The topological polar surface area (TPSA) is 92.7 Å². The third kappa shape index (κ3) is 2.43. The summed E-state index contributed by atoms with van der Waals surface area (Å²) in [5, 5.41) is 0.754. The molecule has 12 heavy (non-hydrogen) atoms. The molecule has 70 valence electrons. The zero-order valence-corrected chi connectivity index (χ0v) is 7.00. The van der Waals surface area contributed by atoms with Crippen LogP contribution in [0.5, 0.6) is 0 Å². The molecule has 2 N–H and O–H groups in total. The van der Waals surface area contributed by atoms with Gasteiger partial charge in [-0.3, -0.25) is 9.35 Å². The Morgan fingerprint density at radius 2 is 2.25 bits per heavy atom. The van der Waals surface area contributed by atoms with Crippen LogP contribution in [-0.4, -0.2) is 37.5 Å². The lowest BCUT2D eigenvalue weighted by atomic mass is 10.3. The third-order valence-corrected chi connectivity index (χ3v) is 2.07. The van der Waals surface area contributed by atoms with E-state index in [0.29, 0.717) is 19.6 Å². The van der Waals surface area contributed by atoms with E-state index in [4.69, 9.17) is 9.29 Å². The summed E-state index contributed by atoms with van der Waals surface area (Å²) in [6.45, 7) is 0.789. The molecule has 0 bridgehead atoms. The van der Waals surface area contributed by atoms with Crippen LogP contribution in [0, 0.1) is 0 Å². The van der Waals surface area contributed by atoms with Crippen molar-refractivity contribution in [2.24, 2.45) is 0 Å². The van der Waals surface area contributed by atoms with Gasteiger partial charge in [-0.15, -0.1) is 0 Å². The molecule has 0 unspecified atom stereocenters. The second-order valence-corrected chi connectivity index (χ2v) is 3.79. The summed E-state index contributed by atoms with van der Waals surface area (Å²) in [5.74, 6) is 0. The van der Waals surface area contributed by atoms with Crippen molar-refractivity contribution < 1.29 is 22.5 Å². The van der Waals surface area contributed by atoms with E-state index in [9.17, 15) is 13.2 Å². The third-order valence-electron chi connectivity index (χ3n) is 1.49. The lowest BCUT2D eigenvalue weighted by molar-refractivity contribution is 0.190. The lowest BCUT2D eigenvalue weighted by Gasteiger charge is -2.07. The van der Waals surface area contributed by atoms with Gasteiger partial charge in [-0.25, -0.2) is 0 Å². The fourth-order valence-electron chi connectivity index (χ4n) is 0.889. The molecule has 1 fully saturated rings. The van der Waals surface area contributed by atoms with Crippen LogP contribution in [0.4, 0.5) is 4.79 Å². The van der Waals surface area contributed by atoms with Crippen molar-refractivity contribution in [3.05, 3.63) is 0 Å². The van der Waals surface area contributed by atoms with Gasteiger partial charge in [0, 0.05) is 6.61 Å². The Morgan fingerprint density at radius 3 is 2.67 bits per heavy atom. The van der Waals surface area contributed by atoms with Crippen molar-refractivity contribution in [1.29, 1.82) is 0 Å². The van der Waals surface area contributed by atoms with Gasteiger partial charge in [0.15, 0.2) is 0 Å². The number of ether oxygens (including phenoxy) is 1. The van der Waals surface area contributed by atoms with Gasteiger partial charge < -0.3 is 10.1 Å². The highest BCUT2D eigenvalue weighted by molar-refractivity contribution is 8.01. The molecule has 0 radical (unpaired) electrons. The van der Waals surface area contributed by atoms with Gasteiger partial charge in [0.2, 0.25) is 0 Å². The van der Waals surface area contributed by atoms with Crippen molar-refractivity contribution >= 4 is 15.4 Å². The summed E-state index contributed by atoms with van der Waals surface area (Å²) in [6, 6.07) is -0.306. The Morgan fingerprint density at radius 1 is 1.58 bits per heavy atom. The summed E-state index contributed by atoms with van der Waals surface area (Å²) in [7, 11) is -4.60. The Labute approximate surface area is 69.6 Å². The van der Waals surface area contributed by atoms with Crippen LogP contribution in [0.2, 0.25) is 0 Å². The normalized spacial score (nSPS) is 23.9. The molecule has 0 aromatic heterocycles. The van der Waals surface area contributed by atoms with Gasteiger partial charge in [-0.05, 0) is 6.42 Å². The summed E-state index contributed by atoms with van der Waals surface area (Å²) < 4.78 is 33.6. The fraction of sp³-hybridized carbons (Fsp3) is 0.800. The SMILES string of the molecule is O=C(N[C@@H]1CCOC1)S(=O)(=O)O. The van der Waals surface area contributed by atoms with E-state index in [-0.39, 0.29) is 6.04 Å². The molecule has 0 aliphatic carbocycles. The number of rotatable bonds is 1. The summed E-state index contributed by atoms with van der Waals surface area (Å²) in [6.07, 6.45) is 0.571. The van der Waals surface area contributed by atoms with Gasteiger partial charge in [-0.2, -0.15) is 8.42 Å². The first-order valence-electron chi connectivity index (χ1n) is 3.36. The van der Waals surface area contributed by atoms with E-state index >= 15 is 0 Å². The second-order valence-electron chi connectivity index (χ2n) is 2.47. The minimum atomic E-state index is -4.60. The maximum absolute atomic E-state index is 10.6. The smallest absolute Gasteiger partial charge is 0.363 e. The fourth-order valence-corrected chi connectivity index (χ4v) is 1.21. The average molecular weight is 195 g/mol. The van der Waals surface area contributed by atoms with Crippen molar-refractivity contribution in [3.8, 4) is 0 Å². The van der Waals surface area contributed by atoms with Gasteiger partial charge >= 0.3 is 15.4 Å². The molecule has 7 heteroatoms. The van der Waals surface area contributed by atoms with Crippen molar-refractivity contribution in [2.75, 3.05) is 13.2 Å². The summed E-state index contributed by atoms with van der Waals surface area (Å²) in [4.78, 5) is 10.6. The molecular formula is C5H9NO5S. The van der Waals surface area contributed by atoms with E-state index in [0.717, 1.165) is 0 Å². The molecule has 1 aliphatic heterocycles. The Kier molecular flexibility index (Phi) is 2.65. The maximum atomic E-state index is 10.6. The van der Waals surface area contributed by atoms with E-state index in [2.05, 4.69) is 5.32 Å². The molecule has 1 amide bonds. The van der Waals surface area contributed by atoms with Gasteiger partial charge in [0.1, 0.15) is 0 Å². The minimum absolute atomic E-state index is 0.293. The van der Waals surface area contributed by atoms with E-state index in [1.807, 2.05) is 0 Å². The number of carbonyl (C=O) groups excluding carboxylic acids is 1. The molecule has 0 saturated carbocycles. The predicted octanol–water partition coefficient (Wildman–Crippen LogP) is -0.627. The first kappa shape index (κ1) is 9.43. The van der Waals surface area contributed by atoms with Crippen LogP contribution in [0.15, 0.2) is 0 Å². The maximum Gasteiger partial charge on any atom is 0.363 e. The molecule has 0 aromatic carbocycles. The Hall–Kier alpha value is -0.660. The highest BCUT2D eigenvalue weighted by atomic mass is 32.2. The highest BCUT2D eigenvalue weighted by Gasteiger charge is 2.24. The summed E-state index contributed by atoms with van der Waals surface area (Å²) in [5.41, 5.74) is 0. The average Bonchev–Trinajstić information content (AvgIpc) is 2.37. The second kappa shape index (κ2) is 3.38. The predicted molar refractivity (Wildman–Crippen MR) is 39.3 cm³/mol. The molecule has 1 aliphatic rings. The molecule has 1 heterocycles. The van der Waals surface area contributed by atoms with Crippen LogP contribution < -0.4 is 5.32 Å². The van der Waals surface area contributed by atoms with Crippen molar-refractivity contribution in [1.82, 2.24) is 5.32 Å². The molecule has 6 nitrogen and oxygen atoms in total. The largest absolute Gasteiger partial charge is 0.379 e. The van der Waals surface area contributed by atoms with E-state index in [1.165, 1.54) is 0 Å². The zero-order valence-electron chi connectivity index (χ0n) is 6.19. The van der Waals surface area contributed by atoms with E-state index < -0.39 is 15.4 Å². The molecule has 1 atom stereocenters. The molecule has 1 saturated heterocycles. The van der Waals surface area contributed by atoms with E-state index in [1.54, 1.807) is 0 Å². The van der Waals surface area contributed by atoms with Crippen LogP contribution in [0.3, 0.4) is 0 Å². The Bertz CT molecular complexity index is 266. The van der Waals surface area contributed by atoms with Crippen LogP contribution >= 0.6 is 0 Å². The van der Waals surface area contributed by atoms with Crippen molar-refractivity contribution in [2.45, 2.75) is 12.5 Å². The lowest BCUT2D eigenvalue weighted by Crippen LogP contribution is -2.38. The number of hydrogen-bond acceptors (Lipinski definition) is 4. The zero-order chi connectivity index (χ0) is 9.19. The monoisotopic (exact) mass is 195 g/mol. The number of amides is 1. The van der Waals surface area contributed by atoms with Gasteiger partial charge in [0.25, 0.3) is 0 Å². The van der Waals surface area contributed by atoms with Gasteiger partial charge in [0.05, 0.1) is 12.6 Å². The highest BCUT2D eigenvalue weighted by Crippen LogP contribution is 2.03. The number of carbonyl (C=O) groups is 1. The first-order valence-corrected chi connectivity index (χ1v) is 4.80. The van der Waals surface area contributed by atoms with Crippen molar-refractivity contribution in [3.63, 3.8) is 0 Å². The number of hydrogen-bond donors (Lipinski definition) is 2. The molecular weight excluding hydrogens is 186 g/mol. The van der Waals surface area contributed by atoms with Gasteiger partial charge in [-0.1, -0.05) is 0 Å². The number of nitrogens with one attached hydrogen (secondary N) is 1. The molecule has 1 rings (SSSR count). The van der Waals surface area contributed by atoms with Crippen LogP contribution in [0.25, 0.3) is 0 Å². The summed E-state index contributed by atoms with van der Waals surface area (Å²) >= 11 is 0. The quantitative estimate of drug-likeness (QED) is 0.543. The standard InChI is InChI=1S/C5H9NO5S/c7-5(12(8,9)10)6-4-1-2-11-3-4/h4H,1-3H2,(H,6,7)(H,8,9,10)/t4-/m1/s1. The molecule has 0 aromatic rings.